The molecule has 0 saturated heterocycles. The molecule has 2 aromatic heterocycles. The molecule has 30 heavy (non-hydrogen) atoms. The first-order chi connectivity index (χ1) is 14.4. The fourth-order valence-corrected chi connectivity index (χ4v) is 4.20. The minimum atomic E-state index is -0.419. The fourth-order valence-electron chi connectivity index (χ4n) is 2.67. The van der Waals surface area contributed by atoms with Gasteiger partial charge < -0.3 is 9.88 Å². The number of aryl methyl sites for hydroxylation is 2. The van der Waals surface area contributed by atoms with Crippen molar-refractivity contribution < 1.29 is 9.59 Å². The van der Waals surface area contributed by atoms with E-state index in [2.05, 4.69) is 31.0 Å². The molecule has 2 heterocycles. The summed E-state index contributed by atoms with van der Waals surface area (Å²) in [6, 6.07) is 7.60. The van der Waals surface area contributed by atoms with Crippen molar-refractivity contribution in [3.63, 3.8) is 0 Å². The van der Waals surface area contributed by atoms with Gasteiger partial charge in [-0.05, 0) is 39.3 Å². The molecule has 0 fully saturated rings. The number of carbonyl (C=O) groups is 2. The van der Waals surface area contributed by atoms with Crippen molar-refractivity contribution in [3.8, 4) is 0 Å². The number of nitrogens with zero attached hydrogens (tertiary/aromatic N) is 5. The molecular weight excluding hydrogens is 422 g/mol. The Morgan fingerprint density at radius 3 is 2.57 bits per heavy atom. The summed E-state index contributed by atoms with van der Waals surface area (Å²) in [7, 11) is 0. The minimum absolute atomic E-state index is 0.0976. The van der Waals surface area contributed by atoms with Crippen molar-refractivity contribution in [2.75, 3.05) is 10.6 Å². The molecule has 0 aliphatic carbocycles. The molecule has 0 aliphatic heterocycles. The number of para-hydroxylation sites is 1. The molecule has 3 rings (SSSR count). The molecule has 2 N–H and O–H groups in total. The lowest BCUT2D eigenvalue weighted by Crippen LogP contribution is -2.23. The van der Waals surface area contributed by atoms with Gasteiger partial charge in [-0.15, -0.1) is 20.4 Å². The second-order valence-electron chi connectivity index (χ2n) is 6.56. The van der Waals surface area contributed by atoms with Crippen molar-refractivity contribution in [2.45, 2.75) is 51.1 Å². The summed E-state index contributed by atoms with van der Waals surface area (Å²) in [5.74, 6) is 0.194. The number of nitrogens with one attached hydrogen (secondary N) is 2. The fraction of sp³-hybridized carbons (Fsp3) is 0.368. The Balaban J connectivity index is 1.63. The molecule has 0 aliphatic rings. The minimum Gasteiger partial charge on any atom is -0.325 e. The summed E-state index contributed by atoms with van der Waals surface area (Å²) in [5, 5.41) is 23.2. The van der Waals surface area contributed by atoms with Crippen LogP contribution in [0.4, 0.5) is 10.8 Å². The lowest BCUT2D eigenvalue weighted by molar-refractivity contribution is -0.116. The molecule has 0 radical (unpaired) electrons. The summed E-state index contributed by atoms with van der Waals surface area (Å²) < 4.78 is 1.85. The topological polar surface area (TPSA) is 115 Å². The summed E-state index contributed by atoms with van der Waals surface area (Å²) in [5.41, 5.74) is 1.77. The second kappa shape index (κ2) is 9.81. The largest absolute Gasteiger partial charge is 0.325 e. The predicted octanol–water partition coefficient (Wildman–Crippen LogP) is 3.07. The van der Waals surface area contributed by atoms with Crippen LogP contribution in [0.5, 0.6) is 0 Å². The van der Waals surface area contributed by atoms with Crippen molar-refractivity contribution in [2.24, 2.45) is 0 Å². The zero-order chi connectivity index (χ0) is 21.7. The molecule has 1 atom stereocenters. The van der Waals surface area contributed by atoms with Crippen LogP contribution in [0.1, 0.15) is 30.2 Å². The van der Waals surface area contributed by atoms with Gasteiger partial charge >= 0.3 is 0 Å². The van der Waals surface area contributed by atoms with Gasteiger partial charge in [-0.25, -0.2) is 0 Å². The van der Waals surface area contributed by atoms with E-state index in [1.54, 1.807) is 6.92 Å². The zero-order valence-electron chi connectivity index (χ0n) is 17.2. The van der Waals surface area contributed by atoms with Crippen LogP contribution in [-0.4, -0.2) is 42.0 Å². The molecule has 3 aromatic rings. The molecule has 1 aromatic carbocycles. The second-order valence-corrected chi connectivity index (χ2v) is 9.05. The third-order valence-electron chi connectivity index (χ3n) is 4.26. The Labute approximate surface area is 182 Å². The van der Waals surface area contributed by atoms with E-state index < -0.39 is 5.25 Å². The van der Waals surface area contributed by atoms with E-state index in [1.807, 2.05) is 49.6 Å². The number of benzene rings is 1. The van der Waals surface area contributed by atoms with Gasteiger partial charge in [0.05, 0.1) is 11.7 Å². The highest BCUT2D eigenvalue weighted by Gasteiger charge is 2.21. The third kappa shape index (κ3) is 5.42. The lowest BCUT2D eigenvalue weighted by Gasteiger charge is -2.12. The zero-order valence-corrected chi connectivity index (χ0v) is 18.8. The first kappa shape index (κ1) is 21.9. The van der Waals surface area contributed by atoms with Gasteiger partial charge in [-0.3, -0.25) is 14.9 Å². The van der Waals surface area contributed by atoms with Crippen molar-refractivity contribution in [1.29, 1.82) is 0 Å². The molecule has 158 valence electrons. The summed E-state index contributed by atoms with van der Waals surface area (Å²) in [4.78, 5) is 24.9. The Morgan fingerprint density at radius 2 is 1.90 bits per heavy atom. The highest BCUT2D eigenvalue weighted by molar-refractivity contribution is 8.00. The van der Waals surface area contributed by atoms with Crippen LogP contribution in [-0.2, 0) is 22.6 Å². The van der Waals surface area contributed by atoms with Crippen LogP contribution in [0.15, 0.2) is 29.4 Å². The Morgan fingerprint density at radius 1 is 1.13 bits per heavy atom. The maximum absolute atomic E-state index is 12.5. The normalized spacial score (nSPS) is 11.9. The summed E-state index contributed by atoms with van der Waals surface area (Å²) >= 11 is 2.60. The average Bonchev–Trinajstić information content (AvgIpc) is 3.28. The number of anilines is 2. The molecule has 11 heteroatoms. The number of hydrogen-bond donors (Lipinski definition) is 2. The number of amides is 2. The number of rotatable bonds is 8. The van der Waals surface area contributed by atoms with Crippen molar-refractivity contribution in [1.82, 2.24) is 25.0 Å². The first-order valence-electron chi connectivity index (χ1n) is 9.42. The van der Waals surface area contributed by atoms with Gasteiger partial charge in [0.15, 0.2) is 5.16 Å². The monoisotopic (exact) mass is 445 g/mol. The summed E-state index contributed by atoms with van der Waals surface area (Å²) in [6.07, 6.45) is 0.0976. The van der Waals surface area contributed by atoms with Crippen LogP contribution in [0, 0.1) is 13.8 Å². The Bertz CT molecular complexity index is 1050. The van der Waals surface area contributed by atoms with Gasteiger partial charge in [0.2, 0.25) is 16.9 Å². The summed E-state index contributed by atoms with van der Waals surface area (Å²) in [6.45, 7) is 8.09. The highest BCUT2D eigenvalue weighted by Crippen LogP contribution is 2.24. The van der Waals surface area contributed by atoms with Crippen LogP contribution in [0.25, 0.3) is 0 Å². The van der Waals surface area contributed by atoms with E-state index in [-0.39, 0.29) is 18.2 Å². The van der Waals surface area contributed by atoms with E-state index >= 15 is 0 Å². The van der Waals surface area contributed by atoms with E-state index in [4.69, 9.17) is 0 Å². The first-order valence-corrected chi connectivity index (χ1v) is 11.1. The van der Waals surface area contributed by atoms with Gasteiger partial charge in [0.25, 0.3) is 0 Å². The van der Waals surface area contributed by atoms with Crippen LogP contribution >= 0.6 is 23.1 Å². The van der Waals surface area contributed by atoms with Crippen LogP contribution in [0.2, 0.25) is 0 Å². The quantitative estimate of drug-likeness (QED) is 0.512. The number of carbonyl (C=O) groups excluding carboxylic acids is 2. The Kier molecular flexibility index (Phi) is 7.16. The predicted molar refractivity (Wildman–Crippen MR) is 118 cm³/mol. The molecule has 2 amide bonds. The Hall–Kier alpha value is -2.79. The molecule has 0 saturated carbocycles. The van der Waals surface area contributed by atoms with Crippen LogP contribution in [0.3, 0.4) is 0 Å². The maximum Gasteiger partial charge on any atom is 0.239 e. The van der Waals surface area contributed by atoms with Gasteiger partial charge in [0, 0.05) is 12.2 Å². The maximum atomic E-state index is 12.5. The average molecular weight is 446 g/mol. The highest BCUT2D eigenvalue weighted by atomic mass is 32.2. The van der Waals surface area contributed by atoms with Gasteiger partial charge in [-0.1, -0.05) is 41.3 Å². The number of hydrogen-bond acceptors (Lipinski definition) is 8. The van der Waals surface area contributed by atoms with Crippen molar-refractivity contribution >= 4 is 45.7 Å². The van der Waals surface area contributed by atoms with E-state index in [0.29, 0.717) is 22.7 Å². The van der Waals surface area contributed by atoms with E-state index in [9.17, 15) is 9.59 Å². The smallest absolute Gasteiger partial charge is 0.239 e. The SMILES string of the molecule is CCn1c(CC(=O)Nc2ccccc2C)nnc1SC(C)C(=O)Nc1nnc(C)s1. The molecule has 1 unspecified atom stereocenters. The standard InChI is InChI=1S/C19H23N7O2S2/c1-5-26-15(10-16(27)20-14-9-7-6-8-11(14)2)23-25-19(26)29-12(3)17(28)21-18-24-22-13(4)30-18/h6-9,12H,5,10H2,1-4H3,(H,20,27)(H,21,24,28). The molecule has 9 nitrogen and oxygen atoms in total. The van der Waals surface area contributed by atoms with Crippen LogP contribution < -0.4 is 10.6 Å². The molecule has 0 bridgehead atoms. The van der Waals surface area contributed by atoms with Gasteiger partial charge in [-0.2, -0.15) is 0 Å². The van der Waals surface area contributed by atoms with Gasteiger partial charge in [0.1, 0.15) is 10.8 Å². The van der Waals surface area contributed by atoms with Crippen molar-refractivity contribution in [3.05, 3.63) is 40.7 Å². The molecule has 0 spiro atoms. The number of thioether (sulfide) groups is 1. The third-order valence-corrected chi connectivity index (χ3v) is 6.09. The lowest BCUT2D eigenvalue weighted by atomic mass is 10.2. The molecular formula is C19H23N7O2S2. The number of aromatic nitrogens is 5. The van der Waals surface area contributed by atoms with E-state index in [0.717, 1.165) is 16.3 Å². The van der Waals surface area contributed by atoms with E-state index in [1.165, 1.54) is 23.1 Å².